The van der Waals surface area contributed by atoms with E-state index in [1.165, 1.54) is 205 Å². The van der Waals surface area contributed by atoms with Crippen molar-refractivity contribution >= 4 is 5.91 Å². The normalized spacial score (nSPS) is 26.5. The third kappa shape index (κ3) is 43.7. The Morgan fingerprint density at radius 2 is 0.680 bits per heavy atom. The average molecular weight is 1460 g/mol. The highest BCUT2D eigenvalue weighted by Crippen LogP contribution is 2.33. The van der Waals surface area contributed by atoms with Crippen LogP contribution in [0.2, 0.25) is 0 Å². The molecule has 19 nitrogen and oxygen atoms in total. The fourth-order valence-corrected chi connectivity index (χ4v) is 13.6. The topological polar surface area (TPSA) is 307 Å². The van der Waals surface area contributed by atoms with Crippen LogP contribution in [0.15, 0.2) is 85.1 Å². The van der Waals surface area contributed by atoms with Gasteiger partial charge in [0.05, 0.1) is 38.6 Å². The minimum Gasteiger partial charge on any atom is -0.394 e. The van der Waals surface area contributed by atoms with E-state index in [-0.39, 0.29) is 18.9 Å². The summed E-state index contributed by atoms with van der Waals surface area (Å²) in [6.07, 6.45) is 58.7. The van der Waals surface area contributed by atoms with Gasteiger partial charge in [0.2, 0.25) is 5.91 Å². The molecule has 17 unspecified atom stereocenters. The smallest absolute Gasteiger partial charge is 0.220 e. The van der Waals surface area contributed by atoms with Gasteiger partial charge in [0, 0.05) is 6.42 Å². The quantitative estimate of drug-likeness (QED) is 0.0199. The molecular weight excluding hydrogens is 1310 g/mol. The first kappa shape index (κ1) is 94.2. The first-order valence-corrected chi connectivity index (χ1v) is 41.3. The summed E-state index contributed by atoms with van der Waals surface area (Å²) in [6.45, 7) is 1.63. The van der Waals surface area contributed by atoms with Gasteiger partial charge in [0.15, 0.2) is 18.9 Å². The highest BCUT2D eigenvalue weighted by atomic mass is 16.8. The van der Waals surface area contributed by atoms with Gasteiger partial charge in [-0.2, -0.15) is 0 Å². The molecule has 3 rings (SSSR count). The maximum Gasteiger partial charge on any atom is 0.220 e. The van der Waals surface area contributed by atoms with Crippen LogP contribution in [0.5, 0.6) is 0 Å². The minimum absolute atomic E-state index is 0.236. The second kappa shape index (κ2) is 63.9. The lowest BCUT2D eigenvalue weighted by Gasteiger charge is -2.48. The number of hydrogen-bond acceptors (Lipinski definition) is 18. The highest BCUT2D eigenvalue weighted by molar-refractivity contribution is 5.76. The zero-order valence-electron chi connectivity index (χ0n) is 64.0. The zero-order valence-corrected chi connectivity index (χ0v) is 64.0. The van der Waals surface area contributed by atoms with Gasteiger partial charge < -0.3 is 89.9 Å². The number of nitrogens with one attached hydrogen (secondary N) is 1. The van der Waals surface area contributed by atoms with Crippen LogP contribution >= 0.6 is 0 Å². The van der Waals surface area contributed by atoms with Crippen LogP contribution in [0, 0.1) is 0 Å². The van der Waals surface area contributed by atoms with E-state index < -0.39 is 124 Å². The molecule has 0 aromatic carbocycles. The summed E-state index contributed by atoms with van der Waals surface area (Å²) < 4.78 is 34.4. The number of aliphatic hydroxyl groups excluding tert-OH is 11. The number of hydrogen-bond donors (Lipinski definition) is 12. The minimum atomic E-state index is -1.98. The standard InChI is InChI=1S/C84H149NO18/c1-3-5-7-9-11-13-15-17-19-21-23-25-26-27-28-29-30-31-32-33-34-35-36-37-38-39-40-42-44-46-48-50-52-54-56-58-60-62-72(90)85-67(68(89)61-59-57-55-53-51-49-47-45-43-41-24-22-20-18-16-14-12-10-8-6-4-2)66-98-82-78(96)75(93)80(70(64-87)100-82)103-84-79(97)76(94)81(71(65-88)101-84)102-83-77(95)74(92)73(91)69(63-86)99-83/h5,7,11,13,17,19,23,25,27-28,51,53,59,61,67-71,73-84,86-89,91-97H,3-4,6,8-10,12,14-16,18,20-22,24,26,29-50,52,54-58,60,62-66H2,1-2H3,(H,85,90)/b7-5-,13-11-,19-17-,25-23-,28-27-,53-51+,61-59+. The summed E-state index contributed by atoms with van der Waals surface area (Å²) in [5, 5.41) is 121. The number of carbonyl (C=O) groups excluding carboxylic acids is 1. The van der Waals surface area contributed by atoms with E-state index in [9.17, 15) is 61.0 Å². The van der Waals surface area contributed by atoms with Crippen molar-refractivity contribution in [2.45, 2.75) is 413 Å². The Bertz CT molecular complexity index is 2190. The largest absolute Gasteiger partial charge is 0.394 e. The summed E-state index contributed by atoms with van der Waals surface area (Å²) in [5.41, 5.74) is 0. The fourth-order valence-electron chi connectivity index (χ4n) is 13.6. The van der Waals surface area contributed by atoms with Gasteiger partial charge in [0.25, 0.3) is 0 Å². The van der Waals surface area contributed by atoms with Gasteiger partial charge >= 0.3 is 0 Å². The molecule has 0 radical (unpaired) electrons. The zero-order chi connectivity index (χ0) is 74.6. The van der Waals surface area contributed by atoms with Crippen molar-refractivity contribution in [3.63, 3.8) is 0 Å². The molecule has 0 saturated carbocycles. The summed E-state index contributed by atoms with van der Waals surface area (Å²) >= 11 is 0. The molecule has 3 saturated heterocycles. The second-order valence-corrected chi connectivity index (χ2v) is 29.2. The Kier molecular flexibility index (Phi) is 58.4. The van der Waals surface area contributed by atoms with Gasteiger partial charge in [-0.15, -0.1) is 0 Å². The molecule has 0 spiro atoms. The molecule has 0 bridgehead atoms. The molecule has 3 heterocycles. The highest BCUT2D eigenvalue weighted by Gasteiger charge is 2.54. The van der Waals surface area contributed by atoms with Crippen molar-refractivity contribution in [2.75, 3.05) is 26.4 Å². The molecular formula is C84H149NO18. The van der Waals surface area contributed by atoms with E-state index in [1.807, 2.05) is 6.08 Å². The van der Waals surface area contributed by atoms with E-state index in [2.05, 4.69) is 92.1 Å². The monoisotopic (exact) mass is 1460 g/mol. The van der Waals surface area contributed by atoms with Crippen LogP contribution in [0.1, 0.15) is 309 Å². The van der Waals surface area contributed by atoms with Crippen LogP contribution in [0.4, 0.5) is 0 Å². The molecule has 598 valence electrons. The number of allylic oxidation sites excluding steroid dienone is 13. The van der Waals surface area contributed by atoms with Crippen LogP contribution in [0.3, 0.4) is 0 Å². The Morgan fingerprint density at radius 3 is 1.09 bits per heavy atom. The average Bonchev–Trinajstić information content (AvgIpc) is 0.781. The van der Waals surface area contributed by atoms with Crippen molar-refractivity contribution in [3.05, 3.63) is 85.1 Å². The summed E-state index contributed by atoms with van der Waals surface area (Å²) in [7, 11) is 0. The maximum absolute atomic E-state index is 13.5. The van der Waals surface area contributed by atoms with E-state index in [0.29, 0.717) is 12.8 Å². The van der Waals surface area contributed by atoms with E-state index in [4.69, 9.17) is 28.4 Å². The van der Waals surface area contributed by atoms with Crippen molar-refractivity contribution < 1.29 is 89.4 Å². The lowest BCUT2D eigenvalue weighted by atomic mass is 9.96. The molecule has 17 atom stereocenters. The Balaban J connectivity index is 1.34. The molecule has 19 heteroatoms. The number of aliphatic hydroxyl groups is 11. The molecule has 0 aliphatic carbocycles. The van der Waals surface area contributed by atoms with E-state index in [1.54, 1.807) is 6.08 Å². The number of carbonyl (C=O) groups is 1. The maximum atomic E-state index is 13.5. The van der Waals surface area contributed by atoms with Gasteiger partial charge in [-0.3, -0.25) is 4.79 Å². The van der Waals surface area contributed by atoms with E-state index >= 15 is 0 Å². The molecule has 3 fully saturated rings. The van der Waals surface area contributed by atoms with Gasteiger partial charge in [0.1, 0.15) is 73.2 Å². The lowest BCUT2D eigenvalue weighted by Crippen LogP contribution is -2.66. The molecule has 1 amide bonds. The molecule has 12 N–H and O–H groups in total. The van der Waals surface area contributed by atoms with Crippen molar-refractivity contribution in [1.29, 1.82) is 0 Å². The molecule has 3 aliphatic rings. The number of ether oxygens (including phenoxy) is 6. The summed E-state index contributed by atoms with van der Waals surface area (Å²) in [6, 6.07) is -0.993. The van der Waals surface area contributed by atoms with Crippen molar-refractivity contribution in [2.24, 2.45) is 0 Å². The Labute approximate surface area is 622 Å². The lowest BCUT2D eigenvalue weighted by molar-refractivity contribution is -0.379. The Hall–Kier alpha value is -3.03. The molecule has 103 heavy (non-hydrogen) atoms. The first-order valence-electron chi connectivity index (χ1n) is 41.3. The second-order valence-electron chi connectivity index (χ2n) is 29.2. The van der Waals surface area contributed by atoms with Crippen molar-refractivity contribution in [1.82, 2.24) is 5.32 Å². The third-order valence-electron chi connectivity index (χ3n) is 20.2. The van der Waals surface area contributed by atoms with Crippen LogP contribution < -0.4 is 5.32 Å². The predicted molar refractivity (Wildman–Crippen MR) is 411 cm³/mol. The fraction of sp³-hybridized carbons (Fsp3) is 0.821. The first-order chi connectivity index (χ1) is 50.3. The Morgan fingerprint density at radius 1 is 0.359 bits per heavy atom. The van der Waals surface area contributed by atoms with Crippen LogP contribution in [-0.4, -0.2) is 193 Å². The predicted octanol–water partition coefficient (Wildman–Crippen LogP) is 14.2. The van der Waals surface area contributed by atoms with Crippen LogP contribution in [0.25, 0.3) is 0 Å². The third-order valence-corrected chi connectivity index (χ3v) is 20.2. The van der Waals surface area contributed by atoms with Gasteiger partial charge in [-0.05, 0) is 77.0 Å². The molecule has 3 aliphatic heterocycles. The van der Waals surface area contributed by atoms with Gasteiger partial charge in [-0.25, -0.2) is 0 Å². The van der Waals surface area contributed by atoms with Gasteiger partial charge in [-0.1, -0.05) is 311 Å². The summed E-state index contributed by atoms with van der Waals surface area (Å²) in [4.78, 5) is 13.5. The SMILES string of the molecule is CC/C=C\C/C=C\C/C=C\C/C=C\C/C=C\CCCCCCCCCCCCCCCCCCCCCCCC(=O)NC(COC1OC(CO)C(OC2OC(CO)C(OC3OC(CO)C(O)C(O)C3O)C(O)C2O)C(O)C1O)C(O)/C=C/CC/C=C/CCCCCCCCCCCCCCCCC. The summed E-state index contributed by atoms with van der Waals surface area (Å²) in [5.74, 6) is -0.282. The van der Waals surface area contributed by atoms with Crippen LogP contribution in [-0.2, 0) is 33.2 Å². The van der Waals surface area contributed by atoms with Crippen molar-refractivity contribution in [3.8, 4) is 0 Å². The van der Waals surface area contributed by atoms with E-state index in [0.717, 1.165) is 70.6 Å². The number of rotatable bonds is 65. The molecule has 0 aromatic rings. The number of unbranched alkanes of at least 4 members (excludes halogenated alkanes) is 37. The molecule has 0 aromatic heterocycles. The number of amides is 1.